The zero-order valence-electron chi connectivity index (χ0n) is 11.9. The Morgan fingerprint density at radius 2 is 2.35 bits per heavy atom. The van der Waals surface area contributed by atoms with Crippen molar-refractivity contribution in [3.8, 4) is 0 Å². The Bertz CT molecular complexity index is 611. The highest BCUT2D eigenvalue weighted by atomic mass is 35.5. The first-order chi connectivity index (χ1) is 9.64. The van der Waals surface area contributed by atoms with Crippen molar-refractivity contribution in [3.63, 3.8) is 0 Å². The van der Waals surface area contributed by atoms with E-state index in [1.165, 1.54) is 6.42 Å². The molecule has 0 aromatic carbocycles. The minimum atomic E-state index is -0.353. The summed E-state index contributed by atoms with van der Waals surface area (Å²) in [6.45, 7) is 4.99. The average Bonchev–Trinajstić information content (AvgIpc) is 2.88. The molecular formula is C15H19ClN2OS. The van der Waals surface area contributed by atoms with Crippen molar-refractivity contribution in [2.45, 2.75) is 45.1 Å². The number of ether oxygens (including phenoxy) is 1. The third kappa shape index (κ3) is 2.45. The molecule has 0 aliphatic heterocycles. The van der Waals surface area contributed by atoms with Gasteiger partial charge >= 0.3 is 0 Å². The molecule has 2 aromatic rings. The number of hydrogen-bond acceptors (Lipinski definition) is 4. The van der Waals surface area contributed by atoms with Crippen LogP contribution in [0, 0.1) is 5.92 Å². The van der Waals surface area contributed by atoms with Gasteiger partial charge in [-0.3, -0.25) is 0 Å². The van der Waals surface area contributed by atoms with Gasteiger partial charge in [0.25, 0.3) is 0 Å². The van der Waals surface area contributed by atoms with Crippen LogP contribution in [0.1, 0.15) is 45.4 Å². The quantitative estimate of drug-likeness (QED) is 0.765. The van der Waals surface area contributed by atoms with Gasteiger partial charge in [-0.25, -0.2) is 9.97 Å². The van der Waals surface area contributed by atoms with Crippen molar-refractivity contribution >= 4 is 33.2 Å². The second kappa shape index (κ2) is 5.58. The van der Waals surface area contributed by atoms with Gasteiger partial charge in [0.15, 0.2) is 5.82 Å². The Morgan fingerprint density at radius 1 is 1.50 bits per heavy atom. The van der Waals surface area contributed by atoms with E-state index in [1.54, 1.807) is 11.3 Å². The van der Waals surface area contributed by atoms with E-state index < -0.39 is 0 Å². The maximum absolute atomic E-state index is 6.32. The van der Waals surface area contributed by atoms with Crippen LogP contribution in [0.25, 0.3) is 10.2 Å². The van der Waals surface area contributed by atoms with Crippen LogP contribution in [0.15, 0.2) is 11.4 Å². The second-order valence-corrected chi connectivity index (χ2v) is 6.86. The SMILES string of the molecule is CCOC1(c2nc(Cl)c3ccsc3n2)CCCC(C)C1. The molecule has 2 heterocycles. The zero-order valence-corrected chi connectivity index (χ0v) is 13.4. The molecule has 108 valence electrons. The summed E-state index contributed by atoms with van der Waals surface area (Å²) in [5.41, 5.74) is -0.353. The molecule has 3 rings (SSSR count). The molecule has 0 N–H and O–H groups in total. The summed E-state index contributed by atoms with van der Waals surface area (Å²) in [5.74, 6) is 1.41. The van der Waals surface area contributed by atoms with Crippen LogP contribution in [-0.2, 0) is 10.3 Å². The lowest BCUT2D eigenvalue weighted by Crippen LogP contribution is -2.37. The van der Waals surface area contributed by atoms with Gasteiger partial charge in [0.1, 0.15) is 15.6 Å². The molecule has 0 bridgehead atoms. The lowest BCUT2D eigenvalue weighted by atomic mass is 9.78. The van der Waals surface area contributed by atoms with Crippen molar-refractivity contribution < 1.29 is 4.74 Å². The smallest absolute Gasteiger partial charge is 0.163 e. The number of aromatic nitrogens is 2. The highest BCUT2D eigenvalue weighted by Crippen LogP contribution is 2.42. The second-order valence-electron chi connectivity index (χ2n) is 5.61. The number of hydrogen-bond donors (Lipinski definition) is 0. The van der Waals surface area contributed by atoms with Crippen LogP contribution < -0.4 is 0 Å². The molecule has 1 saturated carbocycles. The first-order valence-corrected chi connectivity index (χ1v) is 8.45. The molecule has 5 heteroatoms. The van der Waals surface area contributed by atoms with Gasteiger partial charge in [0, 0.05) is 12.0 Å². The fourth-order valence-electron chi connectivity index (χ4n) is 3.20. The summed E-state index contributed by atoms with van der Waals surface area (Å²) < 4.78 is 6.13. The Balaban J connectivity index is 2.08. The minimum absolute atomic E-state index is 0.353. The van der Waals surface area contributed by atoms with E-state index in [-0.39, 0.29) is 5.60 Å². The average molecular weight is 311 g/mol. The van der Waals surface area contributed by atoms with E-state index in [4.69, 9.17) is 21.3 Å². The molecule has 0 saturated heterocycles. The van der Waals surface area contributed by atoms with Crippen molar-refractivity contribution in [1.29, 1.82) is 0 Å². The van der Waals surface area contributed by atoms with E-state index in [2.05, 4.69) is 11.9 Å². The van der Waals surface area contributed by atoms with E-state index >= 15 is 0 Å². The summed E-state index contributed by atoms with van der Waals surface area (Å²) in [4.78, 5) is 10.3. The van der Waals surface area contributed by atoms with Gasteiger partial charge in [-0.2, -0.15) is 0 Å². The lowest BCUT2D eigenvalue weighted by molar-refractivity contribution is -0.0878. The summed E-state index contributed by atoms with van der Waals surface area (Å²) in [7, 11) is 0. The monoisotopic (exact) mass is 310 g/mol. The first-order valence-electron chi connectivity index (χ1n) is 7.20. The predicted molar refractivity (Wildman–Crippen MR) is 83.4 cm³/mol. The van der Waals surface area contributed by atoms with E-state index in [0.29, 0.717) is 17.7 Å². The number of rotatable bonds is 3. The van der Waals surface area contributed by atoms with Crippen LogP contribution in [0.2, 0.25) is 5.15 Å². The molecule has 1 aliphatic rings. The largest absolute Gasteiger partial charge is 0.367 e. The van der Waals surface area contributed by atoms with Gasteiger partial charge in [0.05, 0.1) is 0 Å². The summed E-state index contributed by atoms with van der Waals surface area (Å²) in [6, 6.07) is 1.98. The van der Waals surface area contributed by atoms with Crippen LogP contribution in [0.5, 0.6) is 0 Å². The Morgan fingerprint density at radius 3 is 3.10 bits per heavy atom. The summed E-state index contributed by atoms with van der Waals surface area (Å²) in [6.07, 6.45) is 4.38. The van der Waals surface area contributed by atoms with Crippen LogP contribution >= 0.6 is 22.9 Å². The Labute approximate surface area is 128 Å². The van der Waals surface area contributed by atoms with E-state index in [0.717, 1.165) is 35.3 Å². The van der Waals surface area contributed by atoms with Gasteiger partial charge in [0.2, 0.25) is 0 Å². The van der Waals surface area contributed by atoms with Crippen molar-refractivity contribution in [3.05, 3.63) is 22.4 Å². The number of nitrogens with zero attached hydrogens (tertiary/aromatic N) is 2. The number of fused-ring (bicyclic) bond motifs is 1. The molecule has 2 aromatic heterocycles. The van der Waals surface area contributed by atoms with Crippen molar-refractivity contribution in [2.24, 2.45) is 5.92 Å². The van der Waals surface area contributed by atoms with Crippen molar-refractivity contribution in [1.82, 2.24) is 9.97 Å². The van der Waals surface area contributed by atoms with Gasteiger partial charge in [-0.05, 0) is 43.6 Å². The molecule has 2 unspecified atom stereocenters. The molecule has 20 heavy (non-hydrogen) atoms. The number of halogens is 1. The fourth-order valence-corrected chi connectivity index (χ4v) is 4.25. The standard InChI is InChI=1S/C15H19ClN2OS/c1-3-19-15(7-4-5-10(2)9-15)14-17-12(16)11-6-8-20-13(11)18-14/h6,8,10H,3-5,7,9H2,1-2H3. The van der Waals surface area contributed by atoms with E-state index in [9.17, 15) is 0 Å². The molecule has 0 spiro atoms. The molecule has 0 radical (unpaired) electrons. The lowest BCUT2D eigenvalue weighted by Gasteiger charge is -2.38. The molecule has 0 amide bonds. The molecule has 1 fully saturated rings. The fraction of sp³-hybridized carbons (Fsp3) is 0.600. The first kappa shape index (κ1) is 14.2. The summed E-state index contributed by atoms with van der Waals surface area (Å²) in [5, 5.41) is 3.49. The van der Waals surface area contributed by atoms with Crippen LogP contribution in [0.4, 0.5) is 0 Å². The molecule has 1 aliphatic carbocycles. The van der Waals surface area contributed by atoms with E-state index in [1.807, 2.05) is 18.4 Å². The van der Waals surface area contributed by atoms with Gasteiger partial charge < -0.3 is 4.74 Å². The maximum atomic E-state index is 6.32. The minimum Gasteiger partial charge on any atom is -0.367 e. The molecule has 2 atom stereocenters. The third-order valence-corrected chi connectivity index (χ3v) is 5.16. The molecular weight excluding hydrogens is 292 g/mol. The highest BCUT2D eigenvalue weighted by Gasteiger charge is 2.40. The normalized spacial score (nSPS) is 27.1. The topological polar surface area (TPSA) is 35.0 Å². The van der Waals surface area contributed by atoms with Gasteiger partial charge in [-0.15, -0.1) is 11.3 Å². The zero-order chi connectivity index (χ0) is 14.2. The molecule has 3 nitrogen and oxygen atoms in total. The van der Waals surface area contributed by atoms with Gasteiger partial charge in [-0.1, -0.05) is 24.9 Å². The van der Waals surface area contributed by atoms with Crippen LogP contribution in [-0.4, -0.2) is 16.6 Å². The third-order valence-electron chi connectivity index (χ3n) is 4.06. The van der Waals surface area contributed by atoms with Crippen molar-refractivity contribution in [2.75, 3.05) is 6.61 Å². The maximum Gasteiger partial charge on any atom is 0.163 e. The highest BCUT2D eigenvalue weighted by molar-refractivity contribution is 7.16. The Kier molecular flexibility index (Phi) is 3.98. The number of thiophene rings is 1. The Hall–Kier alpha value is -0.710. The predicted octanol–water partition coefficient (Wildman–Crippen LogP) is 4.79. The van der Waals surface area contributed by atoms with Crippen LogP contribution in [0.3, 0.4) is 0 Å². The summed E-state index contributed by atoms with van der Waals surface area (Å²) >= 11 is 7.93.